The molecule has 10 heteroatoms. The Bertz CT molecular complexity index is 1010. The lowest BCUT2D eigenvalue weighted by atomic mass is 10.1. The van der Waals surface area contributed by atoms with Gasteiger partial charge in [-0.2, -0.15) is 0 Å². The summed E-state index contributed by atoms with van der Waals surface area (Å²) in [6.07, 6.45) is 44.3. The van der Waals surface area contributed by atoms with Crippen molar-refractivity contribution in [3.8, 4) is 0 Å². The fraction of sp³-hybridized carbons (Fsp3) is 0.767. The highest BCUT2D eigenvalue weighted by Gasteiger charge is 2.26. The van der Waals surface area contributed by atoms with E-state index in [0.29, 0.717) is 6.42 Å². The van der Waals surface area contributed by atoms with Gasteiger partial charge in [-0.3, -0.25) is 18.6 Å². The molecule has 0 rings (SSSR count). The number of carbonyl (C=O) groups is 2. The van der Waals surface area contributed by atoms with Crippen LogP contribution in [0.4, 0.5) is 0 Å². The molecule has 0 spiro atoms. The molecule has 0 aromatic heterocycles. The van der Waals surface area contributed by atoms with Crippen LogP contribution in [0.15, 0.2) is 48.6 Å². The summed E-state index contributed by atoms with van der Waals surface area (Å²) in [7, 11) is -4.38. The third-order valence-corrected chi connectivity index (χ3v) is 9.74. The number of esters is 2. The Labute approximate surface area is 324 Å². The molecule has 0 amide bonds. The smallest absolute Gasteiger partial charge is 0.462 e. The van der Waals surface area contributed by atoms with Gasteiger partial charge in [0.05, 0.1) is 13.2 Å². The third-order valence-electron chi connectivity index (χ3n) is 8.76. The molecule has 53 heavy (non-hydrogen) atoms. The van der Waals surface area contributed by atoms with Gasteiger partial charge in [-0.05, 0) is 57.8 Å². The molecule has 0 fully saturated rings. The van der Waals surface area contributed by atoms with Crippen LogP contribution in [0.25, 0.3) is 0 Å². The van der Waals surface area contributed by atoms with Gasteiger partial charge in [0.25, 0.3) is 0 Å². The summed E-state index contributed by atoms with van der Waals surface area (Å²) in [6, 6.07) is 0. The van der Waals surface area contributed by atoms with E-state index in [1.165, 1.54) is 77.0 Å². The van der Waals surface area contributed by atoms with Crippen molar-refractivity contribution in [1.82, 2.24) is 0 Å². The highest BCUT2D eigenvalue weighted by Crippen LogP contribution is 2.43. The monoisotopic (exact) mass is 768 g/mol. The zero-order valence-corrected chi connectivity index (χ0v) is 34.6. The number of phosphoric ester groups is 1. The number of nitrogens with two attached hydrogens (primary N) is 1. The topological polar surface area (TPSA) is 134 Å². The number of rotatable bonds is 39. The van der Waals surface area contributed by atoms with Gasteiger partial charge in [0.2, 0.25) is 0 Å². The second-order valence-corrected chi connectivity index (χ2v) is 15.3. The number of allylic oxidation sites excluding steroid dienone is 8. The van der Waals surface area contributed by atoms with Crippen LogP contribution in [-0.2, 0) is 32.7 Å². The summed E-state index contributed by atoms with van der Waals surface area (Å²) in [5.41, 5.74) is 5.34. The molecule has 2 unspecified atom stereocenters. The maximum absolute atomic E-state index is 12.5. The average Bonchev–Trinajstić information content (AvgIpc) is 3.14. The van der Waals surface area contributed by atoms with Gasteiger partial charge >= 0.3 is 19.8 Å². The standard InChI is InChI=1S/C43H78NO8P/c1-3-5-7-9-11-13-15-17-18-19-20-21-22-24-25-27-29-31-33-35-42(45)49-39-41(40-51-53(47,48)50-38-37-44)52-43(46)36-34-32-30-28-26-23-16-14-12-10-8-6-4-2/h6,8,10,12,14,16,19-20,41H,3-5,7,9,11,13,15,17-18,21-40,44H2,1-2H3,(H,47,48)/b8-6+,12-10+,16-14+,20-19+. The molecule has 0 saturated carbocycles. The summed E-state index contributed by atoms with van der Waals surface area (Å²) in [4.78, 5) is 34.8. The zero-order valence-electron chi connectivity index (χ0n) is 33.7. The fourth-order valence-corrected chi connectivity index (χ4v) is 6.39. The molecular weight excluding hydrogens is 689 g/mol. The zero-order chi connectivity index (χ0) is 38.9. The first-order valence-electron chi connectivity index (χ1n) is 21.1. The van der Waals surface area contributed by atoms with E-state index >= 15 is 0 Å². The lowest BCUT2D eigenvalue weighted by Gasteiger charge is -2.19. The maximum Gasteiger partial charge on any atom is 0.472 e. The number of phosphoric acid groups is 1. The minimum absolute atomic E-state index is 0.0476. The highest BCUT2D eigenvalue weighted by molar-refractivity contribution is 7.47. The molecule has 3 N–H and O–H groups in total. The Balaban J connectivity index is 4.16. The minimum atomic E-state index is -4.38. The molecule has 0 aliphatic rings. The van der Waals surface area contributed by atoms with E-state index in [1.807, 2.05) is 18.2 Å². The van der Waals surface area contributed by atoms with Crippen LogP contribution in [0.2, 0.25) is 0 Å². The molecule has 0 heterocycles. The van der Waals surface area contributed by atoms with Crippen LogP contribution in [0.1, 0.15) is 181 Å². The van der Waals surface area contributed by atoms with Gasteiger partial charge in [0.15, 0.2) is 6.10 Å². The summed E-state index contributed by atoms with van der Waals surface area (Å²) >= 11 is 0. The summed E-state index contributed by atoms with van der Waals surface area (Å²) < 4.78 is 32.7. The van der Waals surface area contributed by atoms with Gasteiger partial charge in [-0.25, -0.2) is 4.57 Å². The molecule has 0 radical (unpaired) electrons. The number of ether oxygens (including phenoxy) is 2. The van der Waals surface area contributed by atoms with E-state index in [0.717, 1.165) is 70.6 Å². The molecule has 0 aromatic carbocycles. The molecule has 0 aliphatic carbocycles. The van der Waals surface area contributed by atoms with Crippen LogP contribution < -0.4 is 5.73 Å². The molecule has 2 atom stereocenters. The van der Waals surface area contributed by atoms with Crippen LogP contribution in [0, 0.1) is 0 Å². The molecule has 0 saturated heterocycles. The molecular formula is C43H78NO8P. The van der Waals surface area contributed by atoms with Crippen molar-refractivity contribution in [2.24, 2.45) is 5.73 Å². The predicted octanol–water partition coefficient (Wildman–Crippen LogP) is 11.9. The fourth-order valence-electron chi connectivity index (χ4n) is 5.63. The first kappa shape index (κ1) is 51.0. The molecule has 9 nitrogen and oxygen atoms in total. The van der Waals surface area contributed by atoms with Crippen molar-refractivity contribution in [2.75, 3.05) is 26.4 Å². The van der Waals surface area contributed by atoms with E-state index in [-0.39, 0.29) is 32.6 Å². The van der Waals surface area contributed by atoms with Crippen LogP contribution in [0.3, 0.4) is 0 Å². The number of hydrogen-bond acceptors (Lipinski definition) is 8. The first-order chi connectivity index (χ1) is 25.8. The van der Waals surface area contributed by atoms with Crippen molar-refractivity contribution >= 4 is 19.8 Å². The van der Waals surface area contributed by atoms with Gasteiger partial charge in [-0.1, -0.05) is 159 Å². The second-order valence-electron chi connectivity index (χ2n) is 13.9. The molecule has 0 aromatic rings. The van der Waals surface area contributed by atoms with Crippen LogP contribution in [0.5, 0.6) is 0 Å². The Hall–Kier alpha value is -2.03. The lowest BCUT2D eigenvalue weighted by Crippen LogP contribution is -2.29. The van der Waals surface area contributed by atoms with Gasteiger partial charge in [-0.15, -0.1) is 0 Å². The SMILES string of the molecule is CC/C=C/C=C/C=C/CCCCCCCC(=O)OC(COC(=O)CCCCCCCCC/C=C/CCCCCCCCCC)COP(=O)(O)OCCN. The van der Waals surface area contributed by atoms with Crippen LogP contribution >= 0.6 is 7.82 Å². The quantitative estimate of drug-likeness (QED) is 0.0206. The third kappa shape index (κ3) is 39.5. The Morgan fingerprint density at radius 2 is 1.06 bits per heavy atom. The number of carbonyl (C=O) groups excluding carboxylic acids is 2. The molecule has 0 aliphatic heterocycles. The van der Waals surface area contributed by atoms with Crippen LogP contribution in [-0.4, -0.2) is 49.3 Å². The van der Waals surface area contributed by atoms with E-state index in [4.69, 9.17) is 24.3 Å². The number of unbranched alkanes of at least 4 members (excludes halogenated alkanes) is 20. The minimum Gasteiger partial charge on any atom is -0.462 e. The van der Waals surface area contributed by atoms with Crippen molar-refractivity contribution in [2.45, 2.75) is 187 Å². The lowest BCUT2D eigenvalue weighted by molar-refractivity contribution is -0.161. The molecule has 0 bridgehead atoms. The highest BCUT2D eigenvalue weighted by atomic mass is 31.2. The van der Waals surface area contributed by atoms with Crippen molar-refractivity contribution in [3.63, 3.8) is 0 Å². The second kappa shape index (κ2) is 39.7. The molecule has 308 valence electrons. The predicted molar refractivity (Wildman–Crippen MR) is 220 cm³/mol. The van der Waals surface area contributed by atoms with Crippen molar-refractivity contribution < 1.29 is 37.6 Å². The van der Waals surface area contributed by atoms with Gasteiger partial charge in [0.1, 0.15) is 6.61 Å². The Morgan fingerprint density at radius 3 is 1.58 bits per heavy atom. The summed E-state index contributed by atoms with van der Waals surface area (Å²) in [5, 5.41) is 0. The first-order valence-corrected chi connectivity index (χ1v) is 22.6. The van der Waals surface area contributed by atoms with Crippen molar-refractivity contribution in [1.29, 1.82) is 0 Å². The van der Waals surface area contributed by atoms with Crippen molar-refractivity contribution in [3.05, 3.63) is 48.6 Å². The maximum atomic E-state index is 12.5. The van der Waals surface area contributed by atoms with E-state index < -0.39 is 32.5 Å². The van der Waals surface area contributed by atoms with E-state index in [2.05, 4.69) is 44.2 Å². The van der Waals surface area contributed by atoms with E-state index in [1.54, 1.807) is 0 Å². The Kier molecular flexibility index (Phi) is 38.1. The van der Waals surface area contributed by atoms with Gasteiger partial charge in [0, 0.05) is 19.4 Å². The normalized spacial score (nSPS) is 13.8. The summed E-state index contributed by atoms with van der Waals surface area (Å²) in [6.45, 7) is 3.56. The largest absolute Gasteiger partial charge is 0.472 e. The Morgan fingerprint density at radius 1 is 0.585 bits per heavy atom. The van der Waals surface area contributed by atoms with E-state index in [9.17, 15) is 19.0 Å². The summed E-state index contributed by atoms with van der Waals surface area (Å²) in [5.74, 6) is -0.859. The van der Waals surface area contributed by atoms with Gasteiger partial charge < -0.3 is 20.1 Å². The average molecular weight is 768 g/mol. The number of hydrogen-bond donors (Lipinski definition) is 2.